The highest BCUT2D eigenvalue weighted by atomic mass is 19.1. The van der Waals surface area contributed by atoms with Gasteiger partial charge in [0.2, 0.25) is 0 Å². The first-order valence-electron chi connectivity index (χ1n) is 10.8. The zero-order valence-corrected chi connectivity index (χ0v) is 17.7. The molecule has 0 aliphatic carbocycles. The van der Waals surface area contributed by atoms with Crippen LogP contribution in [-0.2, 0) is 6.42 Å². The van der Waals surface area contributed by atoms with E-state index in [9.17, 15) is 4.39 Å². The fraction of sp³-hybridized carbons (Fsp3) is 0.320. The van der Waals surface area contributed by atoms with Gasteiger partial charge in [-0.1, -0.05) is 0 Å². The van der Waals surface area contributed by atoms with E-state index in [0.717, 1.165) is 57.4 Å². The van der Waals surface area contributed by atoms with Crippen LogP contribution in [0, 0.1) is 12.7 Å². The predicted molar refractivity (Wildman–Crippen MR) is 120 cm³/mol. The van der Waals surface area contributed by atoms with E-state index in [-0.39, 0.29) is 11.9 Å². The smallest absolute Gasteiger partial charge is 0.171 e. The minimum Gasteiger partial charge on any atom is -0.486 e. The maximum absolute atomic E-state index is 13.6. The van der Waals surface area contributed by atoms with Crippen LogP contribution in [0.5, 0.6) is 11.5 Å². The van der Waals surface area contributed by atoms with Gasteiger partial charge in [0.25, 0.3) is 0 Å². The van der Waals surface area contributed by atoms with Crippen molar-refractivity contribution in [1.29, 1.82) is 0 Å². The molecule has 2 aromatic carbocycles. The molecule has 31 heavy (non-hydrogen) atoms. The number of hydrogen-bond acceptors (Lipinski definition) is 4. The monoisotopic (exact) mass is 419 g/mol. The van der Waals surface area contributed by atoms with Gasteiger partial charge in [0.1, 0.15) is 18.5 Å². The number of aromatic nitrogens is 2. The van der Waals surface area contributed by atoms with Crippen LogP contribution in [0.3, 0.4) is 0 Å². The maximum atomic E-state index is 13.6. The zero-order chi connectivity index (χ0) is 21.4. The fourth-order valence-electron chi connectivity index (χ4n) is 4.14. The van der Waals surface area contributed by atoms with Crippen molar-refractivity contribution in [2.24, 2.45) is 0 Å². The number of ether oxygens (including phenoxy) is 2. The molecule has 1 aliphatic heterocycles. The fourth-order valence-corrected chi connectivity index (χ4v) is 4.14. The standard InChI is InChI=1S/C25H26FN3O2/c1-15(3-5-17-12-28-22-8-6-18(26)11-21(17)22)27-13-19-14-30-24-10-9-23-20(25(24)31-19)7-4-16(2)29-23/h4,6-12,15,19,27-28H,3,5,13-14H2,1-2H3. The molecule has 1 aliphatic rings. The lowest BCUT2D eigenvalue weighted by atomic mass is 10.0. The van der Waals surface area contributed by atoms with Crippen LogP contribution in [-0.4, -0.2) is 35.3 Å². The molecule has 0 radical (unpaired) electrons. The summed E-state index contributed by atoms with van der Waals surface area (Å²) >= 11 is 0. The maximum Gasteiger partial charge on any atom is 0.171 e. The highest BCUT2D eigenvalue weighted by Crippen LogP contribution is 2.38. The van der Waals surface area contributed by atoms with E-state index in [1.165, 1.54) is 6.07 Å². The summed E-state index contributed by atoms with van der Waals surface area (Å²) in [6.07, 6.45) is 3.73. The molecule has 3 heterocycles. The van der Waals surface area contributed by atoms with Crippen molar-refractivity contribution >= 4 is 21.8 Å². The van der Waals surface area contributed by atoms with Gasteiger partial charge in [0.05, 0.1) is 5.52 Å². The number of benzene rings is 2. The molecule has 0 fully saturated rings. The van der Waals surface area contributed by atoms with Crippen LogP contribution < -0.4 is 14.8 Å². The van der Waals surface area contributed by atoms with Crippen LogP contribution >= 0.6 is 0 Å². The number of rotatable bonds is 6. The number of aryl methyl sites for hydroxylation is 2. The molecule has 0 bridgehead atoms. The van der Waals surface area contributed by atoms with Gasteiger partial charge in [-0.2, -0.15) is 0 Å². The second kappa shape index (κ2) is 8.19. The van der Waals surface area contributed by atoms with Crippen molar-refractivity contribution in [3.8, 4) is 11.5 Å². The largest absolute Gasteiger partial charge is 0.486 e. The van der Waals surface area contributed by atoms with Gasteiger partial charge < -0.3 is 19.8 Å². The van der Waals surface area contributed by atoms with E-state index in [0.29, 0.717) is 19.2 Å². The third-order valence-corrected chi connectivity index (χ3v) is 5.90. The molecule has 2 unspecified atom stereocenters. The first-order valence-corrected chi connectivity index (χ1v) is 10.8. The van der Waals surface area contributed by atoms with E-state index in [2.05, 4.69) is 22.2 Å². The van der Waals surface area contributed by atoms with Crippen LogP contribution in [0.4, 0.5) is 4.39 Å². The summed E-state index contributed by atoms with van der Waals surface area (Å²) in [5.74, 6) is 1.35. The summed E-state index contributed by atoms with van der Waals surface area (Å²) in [5.41, 5.74) is 4.01. The zero-order valence-electron chi connectivity index (χ0n) is 17.7. The Hall–Kier alpha value is -3.12. The van der Waals surface area contributed by atoms with Crippen molar-refractivity contribution in [3.05, 3.63) is 65.7 Å². The molecular weight excluding hydrogens is 393 g/mol. The van der Waals surface area contributed by atoms with Gasteiger partial charge in [0, 0.05) is 40.8 Å². The van der Waals surface area contributed by atoms with Crippen molar-refractivity contribution < 1.29 is 13.9 Å². The molecule has 2 N–H and O–H groups in total. The van der Waals surface area contributed by atoms with Gasteiger partial charge >= 0.3 is 0 Å². The van der Waals surface area contributed by atoms with Gasteiger partial charge in [-0.05, 0) is 74.7 Å². The summed E-state index contributed by atoms with van der Waals surface area (Å²) in [6, 6.07) is 13.1. The molecule has 0 saturated carbocycles. The predicted octanol–water partition coefficient (Wildman–Crippen LogP) is 4.91. The molecule has 0 saturated heterocycles. The highest BCUT2D eigenvalue weighted by Gasteiger charge is 2.23. The van der Waals surface area contributed by atoms with Gasteiger partial charge in [-0.3, -0.25) is 4.98 Å². The summed E-state index contributed by atoms with van der Waals surface area (Å²) in [5, 5.41) is 5.50. The molecule has 2 atom stereocenters. The topological polar surface area (TPSA) is 59.2 Å². The Labute approximate surface area is 180 Å². The number of aromatic amines is 1. The Morgan fingerprint density at radius 2 is 2.10 bits per heavy atom. The van der Waals surface area contributed by atoms with Crippen molar-refractivity contribution in [3.63, 3.8) is 0 Å². The molecular formula is C25H26FN3O2. The molecule has 0 spiro atoms. The summed E-state index contributed by atoms with van der Waals surface area (Å²) in [7, 11) is 0. The minimum absolute atomic E-state index is 0.0657. The lowest BCUT2D eigenvalue weighted by molar-refractivity contribution is 0.0903. The Morgan fingerprint density at radius 1 is 1.19 bits per heavy atom. The Bertz CT molecular complexity index is 1240. The first kappa shape index (κ1) is 19.8. The summed E-state index contributed by atoms with van der Waals surface area (Å²) in [4.78, 5) is 7.80. The number of hydrogen-bond donors (Lipinski definition) is 2. The third kappa shape index (κ3) is 4.08. The molecule has 160 valence electrons. The molecule has 5 nitrogen and oxygen atoms in total. The number of halogens is 1. The van der Waals surface area contributed by atoms with Gasteiger partial charge in [-0.15, -0.1) is 0 Å². The third-order valence-electron chi connectivity index (χ3n) is 5.90. The number of pyridine rings is 1. The second-order valence-electron chi connectivity index (χ2n) is 8.31. The van der Waals surface area contributed by atoms with Crippen molar-refractivity contribution in [2.75, 3.05) is 13.2 Å². The van der Waals surface area contributed by atoms with E-state index in [1.54, 1.807) is 12.1 Å². The number of nitrogens with one attached hydrogen (secondary N) is 2. The quantitative estimate of drug-likeness (QED) is 0.466. The van der Waals surface area contributed by atoms with Crippen molar-refractivity contribution in [1.82, 2.24) is 15.3 Å². The lowest BCUT2D eigenvalue weighted by Crippen LogP contribution is -2.41. The molecule has 0 amide bonds. The first-order chi connectivity index (χ1) is 15.1. The molecule has 5 rings (SSSR count). The van der Waals surface area contributed by atoms with E-state index in [4.69, 9.17) is 9.47 Å². The van der Waals surface area contributed by atoms with Gasteiger partial charge in [0.15, 0.2) is 11.5 Å². The Balaban J connectivity index is 1.19. The summed E-state index contributed by atoms with van der Waals surface area (Å²) in [6.45, 7) is 5.35. The van der Waals surface area contributed by atoms with E-state index >= 15 is 0 Å². The molecule has 4 aromatic rings. The van der Waals surface area contributed by atoms with Gasteiger partial charge in [-0.25, -0.2) is 4.39 Å². The molecule has 6 heteroatoms. The average Bonchev–Trinajstić information content (AvgIpc) is 3.17. The summed E-state index contributed by atoms with van der Waals surface area (Å²) < 4.78 is 25.8. The SMILES string of the molecule is Cc1ccc2c3c(ccc2n1)OCC(CNC(C)CCc1c[nH]c2ccc(F)cc12)O3. The van der Waals surface area contributed by atoms with Crippen LogP contribution in [0.15, 0.2) is 48.7 Å². The van der Waals surface area contributed by atoms with E-state index in [1.807, 2.05) is 37.4 Å². The lowest BCUT2D eigenvalue weighted by Gasteiger charge is -2.28. The number of fused-ring (bicyclic) bond motifs is 4. The van der Waals surface area contributed by atoms with E-state index < -0.39 is 0 Å². The second-order valence-corrected chi connectivity index (χ2v) is 8.31. The van der Waals surface area contributed by atoms with Crippen LogP contribution in [0.25, 0.3) is 21.8 Å². The number of nitrogens with zero attached hydrogens (tertiary/aromatic N) is 1. The van der Waals surface area contributed by atoms with Crippen LogP contribution in [0.2, 0.25) is 0 Å². The average molecular weight is 420 g/mol. The Kier molecular flexibility index (Phi) is 5.24. The minimum atomic E-state index is -0.202. The highest BCUT2D eigenvalue weighted by molar-refractivity contribution is 5.88. The molecule has 2 aromatic heterocycles. The van der Waals surface area contributed by atoms with Crippen molar-refractivity contribution in [2.45, 2.75) is 38.8 Å². The Morgan fingerprint density at radius 3 is 3.00 bits per heavy atom. The normalized spacial score (nSPS) is 16.7. The van der Waals surface area contributed by atoms with Crippen LogP contribution in [0.1, 0.15) is 24.6 Å². The number of H-pyrrole nitrogens is 1.